The largest absolute Gasteiger partial charge is 1.00 e. The van der Waals surface area contributed by atoms with Crippen LogP contribution in [-0.4, -0.2) is 56.2 Å². The fourth-order valence-corrected chi connectivity index (χ4v) is 5.14. The number of hydrogen-bond donors (Lipinski definition) is 0. The second-order valence-corrected chi connectivity index (χ2v) is 9.92. The van der Waals surface area contributed by atoms with Crippen molar-refractivity contribution >= 4 is 10.0 Å². The Balaban J connectivity index is 0.00000364. The minimum Gasteiger partial charge on any atom is -1.00 e. The summed E-state index contributed by atoms with van der Waals surface area (Å²) in [6.07, 6.45) is 6.57. The number of benzene rings is 1. The normalized spacial score (nSPS) is 17.4. The number of piperazine rings is 1. The Kier molecular flexibility index (Phi) is 10.4. The molecule has 0 aromatic heterocycles. The van der Waals surface area contributed by atoms with Gasteiger partial charge in [0.2, 0.25) is 10.0 Å². The fourth-order valence-electron chi connectivity index (χ4n) is 3.59. The smallest absolute Gasteiger partial charge is 0.214 e. The minimum atomic E-state index is -3.13. The number of sulfonamides is 1. The van der Waals surface area contributed by atoms with Gasteiger partial charge in [0, 0.05) is 5.56 Å². The van der Waals surface area contributed by atoms with E-state index in [4.69, 9.17) is 0 Å². The van der Waals surface area contributed by atoms with Crippen molar-refractivity contribution in [3.63, 3.8) is 0 Å². The van der Waals surface area contributed by atoms with E-state index in [1.807, 2.05) is 12.1 Å². The molecule has 0 amide bonds. The first kappa shape index (κ1) is 24.5. The predicted molar refractivity (Wildman–Crippen MR) is 105 cm³/mol. The van der Waals surface area contributed by atoms with Crippen molar-refractivity contribution in [3.8, 4) is 0 Å². The lowest BCUT2D eigenvalue weighted by Gasteiger charge is -2.41. The van der Waals surface area contributed by atoms with Crippen LogP contribution in [0.4, 0.5) is 4.39 Å². The highest BCUT2D eigenvalue weighted by atomic mass is 79.9. The molecular weight excluding hydrogens is 431 g/mol. The fraction of sp³-hybridized carbons (Fsp3) is 0.700. The van der Waals surface area contributed by atoms with Crippen LogP contribution in [0.1, 0.15) is 51.0 Å². The van der Waals surface area contributed by atoms with Crippen LogP contribution in [0.5, 0.6) is 0 Å². The Labute approximate surface area is 175 Å². The number of rotatable bonds is 10. The van der Waals surface area contributed by atoms with Gasteiger partial charge in [0.25, 0.3) is 0 Å². The SMILES string of the molecule is CCCCCCCCS(=O)(=O)N1CC[N+](C)(Cc2ccc(F)cc2)CC1.[Br-]. The van der Waals surface area contributed by atoms with Gasteiger partial charge in [-0.15, -0.1) is 0 Å². The molecule has 1 fully saturated rings. The van der Waals surface area contributed by atoms with Gasteiger partial charge in [-0.3, -0.25) is 0 Å². The standard InChI is InChI=1S/C20H34FN2O2S.BrH/c1-3-4-5-6-7-8-17-26(24,25)22-13-15-23(2,16-14-22)18-19-9-11-20(21)12-10-19;/h9-12H,3-8,13-18H2,1-2H3;1H/q+1;/p-1. The van der Waals surface area contributed by atoms with E-state index in [9.17, 15) is 12.8 Å². The van der Waals surface area contributed by atoms with E-state index in [1.165, 1.54) is 31.4 Å². The molecule has 1 aromatic carbocycles. The Morgan fingerprint density at radius 3 is 2.15 bits per heavy atom. The van der Waals surface area contributed by atoms with Crippen molar-refractivity contribution in [1.82, 2.24) is 4.31 Å². The highest BCUT2D eigenvalue weighted by Crippen LogP contribution is 2.19. The quantitative estimate of drug-likeness (QED) is 0.379. The Morgan fingerprint density at radius 1 is 1.00 bits per heavy atom. The number of quaternary nitrogens is 1. The molecule has 1 saturated heterocycles. The number of halogens is 2. The molecule has 0 bridgehead atoms. The lowest BCUT2D eigenvalue weighted by molar-refractivity contribution is -0.925. The molecular formula is C20H34BrFN2O2S. The third kappa shape index (κ3) is 8.18. The first-order valence-corrected chi connectivity index (χ1v) is 11.5. The van der Waals surface area contributed by atoms with Crippen LogP contribution >= 0.6 is 0 Å². The van der Waals surface area contributed by atoms with Crippen molar-refractivity contribution in [2.75, 3.05) is 39.0 Å². The maximum absolute atomic E-state index is 13.1. The van der Waals surface area contributed by atoms with E-state index >= 15 is 0 Å². The zero-order valence-corrected chi connectivity index (χ0v) is 19.1. The van der Waals surface area contributed by atoms with Crippen LogP contribution in [0.3, 0.4) is 0 Å². The molecule has 4 nitrogen and oxygen atoms in total. The lowest BCUT2D eigenvalue weighted by Crippen LogP contribution is -3.00. The topological polar surface area (TPSA) is 37.4 Å². The van der Waals surface area contributed by atoms with E-state index in [1.54, 1.807) is 4.31 Å². The molecule has 0 saturated carbocycles. The van der Waals surface area contributed by atoms with Gasteiger partial charge >= 0.3 is 0 Å². The van der Waals surface area contributed by atoms with E-state index in [-0.39, 0.29) is 28.6 Å². The summed E-state index contributed by atoms with van der Waals surface area (Å²) in [5.74, 6) is 0.0582. The number of unbranched alkanes of at least 4 members (excludes halogenated alkanes) is 5. The summed E-state index contributed by atoms with van der Waals surface area (Å²) in [6, 6.07) is 6.62. The summed E-state index contributed by atoms with van der Waals surface area (Å²) < 4.78 is 40.6. The molecule has 1 aromatic rings. The predicted octanol–water partition coefficient (Wildman–Crippen LogP) is 0.782. The van der Waals surface area contributed by atoms with Gasteiger partial charge in [0.1, 0.15) is 12.4 Å². The third-order valence-electron chi connectivity index (χ3n) is 5.41. The summed E-state index contributed by atoms with van der Waals surface area (Å²) in [4.78, 5) is 0. The molecule has 0 radical (unpaired) electrons. The number of hydrogen-bond acceptors (Lipinski definition) is 2. The zero-order chi connectivity index (χ0) is 19.0. The molecule has 2 rings (SSSR count). The average Bonchev–Trinajstić information content (AvgIpc) is 2.60. The summed E-state index contributed by atoms with van der Waals surface area (Å²) in [7, 11) is -0.977. The van der Waals surface area contributed by atoms with E-state index in [0.29, 0.717) is 13.1 Å². The molecule has 1 aliphatic heterocycles. The van der Waals surface area contributed by atoms with Crippen molar-refractivity contribution in [2.45, 2.75) is 52.0 Å². The van der Waals surface area contributed by atoms with Gasteiger partial charge in [-0.05, 0) is 18.6 Å². The average molecular weight is 465 g/mol. The zero-order valence-electron chi connectivity index (χ0n) is 16.7. The van der Waals surface area contributed by atoms with Crippen LogP contribution in [0.25, 0.3) is 0 Å². The van der Waals surface area contributed by atoms with Crippen LogP contribution < -0.4 is 17.0 Å². The minimum absolute atomic E-state index is 0. The molecule has 0 spiro atoms. The molecule has 7 heteroatoms. The number of likely N-dealkylation sites (N-methyl/N-ethyl adjacent to an activating group) is 1. The van der Waals surface area contributed by atoms with Gasteiger partial charge in [0.05, 0.1) is 39.0 Å². The Morgan fingerprint density at radius 2 is 1.56 bits per heavy atom. The first-order chi connectivity index (χ1) is 12.3. The van der Waals surface area contributed by atoms with Crippen LogP contribution in [-0.2, 0) is 16.6 Å². The van der Waals surface area contributed by atoms with Gasteiger partial charge in [-0.25, -0.2) is 12.8 Å². The Hall–Kier alpha value is -0.500. The van der Waals surface area contributed by atoms with Crippen LogP contribution in [0.15, 0.2) is 24.3 Å². The molecule has 27 heavy (non-hydrogen) atoms. The second-order valence-electron chi connectivity index (χ2n) is 7.83. The highest BCUT2D eigenvalue weighted by Gasteiger charge is 2.34. The van der Waals surface area contributed by atoms with Gasteiger partial charge in [0.15, 0.2) is 0 Å². The summed E-state index contributed by atoms with van der Waals surface area (Å²) in [5.41, 5.74) is 1.09. The van der Waals surface area contributed by atoms with Gasteiger partial charge < -0.3 is 21.5 Å². The molecule has 0 atom stereocenters. The van der Waals surface area contributed by atoms with Crippen LogP contribution in [0.2, 0.25) is 0 Å². The molecule has 0 aliphatic carbocycles. The highest BCUT2D eigenvalue weighted by molar-refractivity contribution is 7.89. The molecule has 1 heterocycles. The maximum Gasteiger partial charge on any atom is 0.214 e. The number of nitrogens with zero attached hydrogens (tertiary/aromatic N) is 2. The summed E-state index contributed by atoms with van der Waals surface area (Å²) >= 11 is 0. The molecule has 0 N–H and O–H groups in total. The van der Waals surface area contributed by atoms with Crippen LogP contribution in [0, 0.1) is 5.82 Å². The van der Waals surface area contributed by atoms with E-state index in [0.717, 1.165) is 48.9 Å². The van der Waals surface area contributed by atoms with Crippen molar-refractivity contribution in [2.24, 2.45) is 0 Å². The summed E-state index contributed by atoms with van der Waals surface area (Å²) in [5, 5.41) is 0. The molecule has 0 unspecified atom stereocenters. The van der Waals surface area contributed by atoms with Crippen molar-refractivity contribution in [1.29, 1.82) is 0 Å². The third-order valence-corrected chi connectivity index (χ3v) is 7.36. The molecule has 1 aliphatic rings. The first-order valence-electron chi connectivity index (χ1n) is 9.90. The Bertz CT molecular complexity index is 644. The monoisotopic (exact) mass is 464 g/mol. The maximum atomic E-state index is 13.1. The van der Waals surface area contributed by atoms with E-state index in [2.05, 4.69) is 14.0 Å². The van der Waals surface area contributed by atoms with Gasteiger partial charge in [-0.1, -0.05) is 51.2 Å². The van der Waals surface area contributed by atoms with E-state index < -0.39 is 10.0 Å². The molecule has 156 valence electrons. The van der Waals surface area contributed by atoms with Gasteiger partial charge in [-0.2, -0.15) is 4.31 Å². The summed E-state index contributed by atoms with van der Waals surface area (Å²) in [6.45, 7) is 5.75. The second kappa shape index (κ2) is 11.5. The van der Waals surface area contributed by atoms with Crippen molar-refractivity contribution < 1.29 is 34.3 Å². The van der Waals surface area contributed by atoms with Crippen molar-refractivity contribution in [3.05, 3.63) is 35.6 Å². The lowest BCUT2D eigenvalue weighted by atomic mass is 10.1.